The van der Waals surface area contributed by atoms with Crippen LogP contribution in [0.25, 0.3) is 0 Å². The predicted molar refractivity (Wildman–Crippen MR) is 64.6 cm³/mol. The molecule has 4 heteroatoms. The molecule has 0 aliphatic rings. The third-order valence-electron chi connectivity index (χ3n) is 2.29. The van der Waals surface area contributed by atoms with Gasteiger partial charge in [0.05, 0.1) is 0 Å². The number of carboxylic acids is 1. The lowest BCUT2D eigenvalue weighted by atomic mass is 10.1. The topological polar surface area (TPSA) is 49.3 Å². The lowest BCUT2D eigenvalue weighted by Crippen LogP contribution is -2.23. The van der Waals surface area contributed by atoms with Crippen LogP contribution in [-0.4, -0.2) is 17.6 Å². The van der Waals surface area contributed by atoms with Crippen LogP contribution in [-0.2, 0) is 4.79 Å². The van der Waals surface area contributed by atoms with Crippen LogP contribution in [0.1, 0.15) is 18.5 Å². The van der Waals surface area contributed by atoms with Crippen molar-refractivity contribution in [1.82, 2.24) is 5.32 Å². The van der Waals surface area contributed by atoms with Gasteiger partial charge in [0, 0.05) is 23.2 Å². The number of halogens is 1. The summed E-state index contributed by atoms with van der Waals surface area (Å²) in [6.45, 7) is 5.67. The largest absolute Gasteiger partial charge is 0.478 e. The summed E-state index contributed by atoms with van der Waals surface area (Å²) in [6.07, 6.45) is 0. The molecule has 16 heavy (non-hydrogen) atoms. The van der Waals surface area contributed by atoms with Crippen molar-refractivity contribution in [1.29, 1.82) is 0 Å². The van der Waals surface area contributed by atoms with Crippen molar-refractivity contribution in [3.05, 3.63) is 47.0 Å². The zero-order chi connectivity index (χ0) is 12.1. The summed E-state index contributed by atoms with van der Waals surface area (Å²) in [7, 11) is 0. The number of aliphatic carboxylic acids is 1. The normalized spacial score (nSPS) is 12.1. The predicted octanol–water partition coefficient (Wildman–Crippen LogP) is 2.63. The monoisotopic (exact) mass is 239 g/mol. The zero-order valence-corrected chi connectivity index (χ0v) is 9.79. The Morgan fingerprint density at radius 2 is 2.06 bits per heavy atom. The lowest BCUT2D eigenvalue weighted by molar-refractivity contribution is -0.132. The summed E-state index contributed by atoms with van der Waals surface area (Å²) in [6, 6.07) is 7.49. The molecule has 0 spiro atoms. The van der Waals surface area contributed by atoms with E-state index in [9.17, 15) is 4.79 Å². The highest BCUT2D eigenvalue weighted by molar-refractivity contribution is 6.30. The molecule has 1 rings (SSSR count). The van der Waals surface area contributed by atoms with Crippen LogP contribution in [0.15, 0.2) is 36.4 Å². The van der Waals surface area contributed by atoms with Crippen LogP contribution in [0.4, 0.5) is 0 Å². The van der Waals surface area contributed by atoms with E-state index >= 15 is 0 Å². The van der Waals surface area contributed by atoms with Crippen LogP contribution in [0.3, 0.4) is 0 Å². The highest BCUT2D eigenvalue weighted by atomic mass is 35.5. The van der Waals surface area contributed by atoms with Gasteiger partial charge in [-0.05, 0) is 24.6 Å². The first-order chi connectivity index (χ1) is 7.50. The van der Waals surface area contributed by atoms with Crippen molar-refractivity contribution < 1.29 is 9.90 Å². The van der Waals surface area contributed by atoms with Gasteiger partial charge in [-0.3, -0.25) is 0 Å². The third kappa shape index (κ3) is 3.68. The average Bonchev–Trinajstić information content (AvgIpc) is 2.26. The number of carbonyl (C=O) groups is 1. The third-order valence-corrected chi connectivity index (χ3v) is 2.55. The molecule has 1 aromatic carbocycles. The van der Waals surface area contributed by atoms with Crippen molar-refractivity contribution in [3.8, 4) is 0 Å². The van der Waals surface area contributed by atoms with Gasteiger partial charge < -0.3 is 10.4 Å². The molecule has 0 unspecified atom stereocenters. The van der Waals surface area contributed by atoms with Crippen molar-refractivity contribution in [2.24, 2.45) is 0 Å². The van der Waals surface area contributed by atoms with Gasteiger partial charge in [-0.25, -0.2) is 4.79 Å². The maximum atomic E-state index is 10.5. The van der Waals surface area contributed by atoms with E-state index in [0.717, 1.165) is 5.56 Å². The fourth-order valence-corrected chi connectivity index (χ4v) is 1.35. The summed E-state index contributed by atoms with van der Waals surface area (Å²) < 4.78 is 0. The Labute approximate surface area is 99.7 Å². The maximum Gasteiger partial charge on any atom is 0.332 e. The second-order valence-electron chi connectivity index (χ2n) is 3.56. The van der Waals surface area contributed by atoms with E-state index in [4.69, 9.17) is 16.7 Å². The Kier molecular flexibility index (Phi) is 4.52. The standard InChI is InChI=1S/C12H14ClNO2/c1-8(12(15)16)7-14-9(2)10-3-5-11(13)6-4-10/h3-6,9,14H,1,7H2,2H3,(H,15,16)/t9-/m0/s1. The van der Waals surface area contributed by atoms with Crippen LogP contribution < -0.4 is 5.32 Å². The van der Waals surface area contributed by atoms with Gasteiger partial charge >= 0.3 is 5.97 Å². The molecule has 86 valence electrons. The van der Waals surface area contributed by atoms with Crippen molar-refractivity contribution in [2.45, 2.75) is 13.0 Å². The Morgan fingerprint density at radius 3 is 2.56 bits per heavy atom. The number of hydrogen-bond donors (Lipinski definition) is 2. The Balaban J connectivity index is 2.52. The van der Waals surface area contributed by atoms with E-state index in [0.29, 0.717) is 5.02 Å². The van der Waals surface area contributed by atoms with E-state index in [1.54, 1.807) is 12.1 Å². The van der Waals surface area contributed by atoms with Gasteiger partial charge in [-0.15, -0.1) is 0 Å². The van der Waals surface area contributed by atoms with E-state index in [1.807, 2.05) is 19.1 Å². The molecule has 0 saturated carbocycles. The molecule has 0 saturated heterocycles. The Morgan fingerprint density at radius 1 is 1.50 bits per heavy atom. The molecule has 0 aromatic heterocycles. The fourth-order valence-electron chi connectivity index (χ4n) is 1.22. The average molecular weight is 240 g/mol. The van der Waals surface area contributed by atoms with Crippen LogP contribution >= 0.6 is 11.6 Å². The van der Waals surface area contributed by atoms with Crippen LogP contribution in [0.5, 0.6) is 0 Å². The van der Waals surface area contributed by atoms with Crippen molar-refractivity contribution in [3.63, 3.8) is 0 Å². The van der Waals surface area contributed by atoms with Crippen LogP contribution in [0.2, 0.25) is 5.02 Å². The van der Waals surface area contributed by atoms with Crippen LogP contribution in [0, 0.1) is 0 Å². The van der Waals surface area contributed by atoms with Gasteiger partial charge in [0.2, 0.25) is 0 Å². The smallest absolute Gasteiger partial charge is 0.332 e. The van der Waals surface area contributed by atoms with E-state index in [1.165, 1.54) is 0 Å². The van der Waals surface area contributed by atoms with E-state index < -0.39 is 5.97 Å². The minimum atomic E-state index is -0.976. The van der Waals surface area contributed by atoms with E-state index in [-0.39, 0.29) is 18.2 Å². The number of nitrogens with one attached hydrogen (secondary N) is 1. The molecular formula is C12H14ClNO2. The Bertz CT molecular complexity index is 387. The number of hydrogen-bond acceptors (Lipinski definition) is 2. The summed E-state index contributed by atoms with van der Waals surface area (Å²) in [5.74, 6) is -0.976. The minimum Gasteiger partial charge on any atom is -0.478 e. The molecule has 2 N–H and O–H groups in total. The van der Waals surface area contributed by atoms with Gasteiger partial charge in [-0.1, -0.05) is 30.3 Å². The molecule has 0 aliphatic carbocycles. The first-order valence-electron chi connectivity index (χ1n) is 4.90. The Hall–Kier alpha value is -1.32. The maximum absolute atomic E-state index is 10.5. The second kappa shape index (κ2) is 5.68. The summed E-state index contributed by atoms with van der Waals surface area (Å²) in [5.41, 5.74) is 1.21. The highest BCUT2D eigenvalue weighted by Crippen LogP contribution is 2.15. The number of rotatable bonds is 5. The highest BCUT2D eigenvalue weighted by Gasteiger charge is 2.08. The van der Waals surface area contributed by atoms with Gasteiger partial charge in [0.25, 0.3) is 0 Å². The zero-order valence-electron chi connectivity index (χ0n) is 9.03. The minimum absolute atomic E-state index is 0.0633. The quantitative estimate of drug-likeness (QED) is 0.777. The van der Waals surface area contributed by atoms with E-state index in [2.05, 4.69) is 11.9 Å². The molecule has 0 bridgehead atoms. The molecule has 1 atom stereocenters. The molecule has 3 nitrogen and oxygen atoms in total. The van der Waals surface area contributed by atoms with Crippen molar-refractivity contribution in [2.75, 3.05) is 6.54 Å². The molecule has 0 fully saturated rings. The van der Waals surface area contributed by atoms with Gasteiger partial charge in [0.15, 0.2) is 0 Å². The molecule has 0 aliphatic heterocycles. The summed E-state index contributed by atoms with van der Waals surface area (Å²) in [4.78, 5) is 10.5. The lowest BCUT2D eigenvalue weighted by Gasteiger charge is -2.14. The SMILES string of the molecule is C=C(CN[C@@H](C)c1ccc(Cl)cc1)C(=O)O. The van der Waals surface area contributed by atoms with Gasteiger partial charge in [-0.2, -0.15) is 0 Å². The molecule has 0 radical (unpaired) electrons. The second-order valence-corrected chi connectivity index (χ2v) is 4.00. The first kappa shape index (κ1) is 12.7. The molecule has 0 amide bonds. The molecule has 0 heterocycles. The van der Waals surface area contributed by atoms with Gasteiger partial charge in [0.1, 0.15) is 0 Å². The summed E-state index contributed by atoms with van der Waals surface area (Å²) >= 11 is 5.77. The first-order valence-corrected chi connectivity index (χ1v) is 5.28. The number of carboxylic acid groups (broad SMARTS) is 1. The molecular weight excluding hydrogens is 226 g/mol. The summed E-state index contributed by atoms with van der Waals surface area (Å²) in [5, 5.41) is 12.4. The van der Waals surface area contributed by atoms with Crippen molar-refractivity contribution >= 4 is 17.6 Å². The fraction of sp³-hybridized carbons (Fsp3) is 0.250. The molecule has 1 aromatic rings. The number of benzene rings is 1.